The number of nitrogens with one attached hydrogen (secondary N) is 2. The molecule has 30 heavy (non-hydrogen) atoms. The molecular weight excluding hydrogens is 402 g/mol. The predicted octanol–water partition coefficient (Wildman–Crippen LogP) is 5.32. The number of rotatable bonds is 5. The Bertz CT molecular complexity index is 1230. The number of halogens is 1. The van der Waals surface area contributed by atoms with Crippen LogP contribution in [-0.4, -0.2) is 15.9 Å². The number of furan rings is 1. The fraction of sp³-hybridized carbons (Fsp3) is 0.130. The Labute approximate surface area is 178 Å². The van der Waals surface area contributed by atoms with Crippen LogP contribution in [0.1, 0.15) is 16.9 Å². The summed E-state index contributed by atoms with van der Waals surface area (Å²) >= 11 is 5.91. The normalized spacial score (nSPS) is 10.9. The summed E-state index contributed by atoms with van der Waals surface area (Å²) in [4.78, 5) is 30.1. The standard InChI is InChI=1S/C23H20ClN3O3/c1-15-4-5-16-12-17(22(28)26-21(16)11-15)13-27(14-20-3-2-10-30-20)23(29)25-19-8-6-18(24)7-9-19/h2-12H,13-14H2,1H3,(H,25,29)(H,26,28). The minimum atomic E-state index is -0.350. The van der Waals surface area contributed by atoms with E-state index in [1.165, 1.54) is 4.90 Å². The summed E-state index contributed by atoms with van der Waals surface area (Å²) in [6, 6.07) is 17.7. The van der Waals surface area contributed by atoms with Gasteiger partial charge in [-0.05, 0) is 66.4 Å². The number of carbonyl (C=O) groups is 1. The van der Waals surface area contributed by atoms with E-state index in [2.05, 4.69) is 10.3 Å². The first-order valence-corrected chi connectivity index (χ1v) is 9.82. The monoisotopic (exact) mass is 421 g/mol. The van der Waals surface area contributed by atoms with Crippen molar-refractivity contribution in [2.45, 2.75) is 20.0 Å². The molecule has 0 bridgehead atoms. The minimum Gasteiger partial charge on any atom is -0.467 e. The third-order valence-corrected chi connectivity index (χ3v) is 5.00. The Morgan fingerprint density at radius 3 is 2.63 bits per heavy atom. The minimum absolute atomic E-state index is 0.124. The van der Waals surface area contributed by atoms with E-state index in [-0.39, 0.29) is 24.7 Å². The number of nitrogens with zero attached hydrogens (tertiary/aromatic N) is 1. The molecule has 152 valence electrons. The molecule has 2 aromatic carbocycles. The maximum Gasteiger partial charge on any atom is 0.322 e. The third-order valence-electron chi connectivity index (χ3n) is 4.75. The first kappa shape index (κ1) is 19.8. The van der Waals surface area contributed by atoms with Gasteiger partial charge in [-0.3, -0.25) is 4.79 Å². The molecule has 2 N–H and O–H groups in total. The van der Waals surface area contributed by atoms with Crippen LogP contribution in [0.5, 0.6) is 0 Å². The number of pyridine rings is 1. The van der Waals surface area contributed by atoms with Crippen LogP contribution < -0.4 is 10.9 Å². The van der Waals surface area contributed by atoms with Crippen molar-refractivity contribution in [1.29, 1.82) is 0 Å². The molecule has 0 aliphatic heterocycles. The van der Waals surface area contributed by atoms with Crippen LogP contribution in [0.2, 0.25) is 5.02 Å². The van der Waals surface area contributed by atoms with Crippen LogP contribution in [0.3, 0.4) is 0 Å². The summed E-state index contributed by atoms with van der Waals surface area (Å²) < 4.78 is 5.41. The van der Waals surface area contributed by atoms with E-state index in [0.29, 0.717) is 22.0 Å². The number of aromatic amines is 1. The third kappa shape index (κ3) is 4.55. The summed E-state index contributed by atoms with van der Waals surface area (Å²) in [5.41, 5.74) is 2.71. The predicted molar refractivity (Wildman–Crippen MR) is 118 cm³/mol. The van der Waals surface area contributed by atoms with Gasteiger partial charge >= 0.3 is 6.03 Å². The quantitative estimate of drug-likeness (QED) is 0.458. The summed E-state index contributed by atoms with van der Waals surface area (Å²) in [6.45, 7) is 2.31. The van der Waals surface area contributed by atoms with Crippen molar-refractivity contribution < 1.29 is 9.21 Å². The highest BCUT2D eigenvalue weighted by atomic mass is 35.5. The van der Waals surface area contributed by atoms with Gasteiger partial charge in [0, 0.05) is 21.8 Å². The van der Waals surface area contributed by atoms with Gasteiger partial charge in [0.1, 0.15) is 5.76 Å². The highest BCUT2D eigenvalue weighted by Gasteiger charge is 2.18. The Kier molecular flexibility index (Phi) is 5.59. The van der Waals surface area contributed by atoms with Crippen molar-refractivity contribution in [3.05, 3.63) is 99.2 Å². The fourth-order valence-electron chi connectivity index (χ4n) is 3.21. The molecule has 6 nitrogen and oxygen atoms in total. The topological polar surface area (TPSA) is 78.3 Å². The number of hydrogen-bond acceptors (Lipinski definition) is 3. The largest absolute Gasteiger partial charge is 0.467 e. The highest BCUT2D eigenvalue weighted by molar-refractivity contribution is 6.30. The van der Waals surface area contributed by atoms with E-state index >= 15 is 0 Å². The molecule has 4 aromatic rings. The maximum atomic E-state index is 13.0. The van der Waals surface area contributed by atoms with Crippen LogP contribution in [0, 0.1) is 6.92 Å². The zero-order chi connectivity index (χ0) is 21.1. The molecule has 0 fully saturated rings. The van der Waals surface area contributed by atoms with E-state index in [0.717, 1.165) is 16.5 Å². The van der Waals surface area contributed by atoms with E-state index in [1.54, 1.807) is 42.7 Å². The molecular formula is C23H20ClN3O3. The molecule has 0 atom stereocenters. The van der Waals surface area contributed by atoms with Crippen molar-refractivity contribution in [1.82, 2.24) is 9.88 Å². The second-order valence-electron chi connectivity index (χ2n) is 7.09. The Balaban J connectivity index is 1.62. The van der Waals surface area contributed by atoms with Crippen LogP contribution in [-0.2, 0) is 13.1 Å². The number of amides is 2. The number of carbonyl (C=O) groups excluding carboxylic acids is 1. The summed E-state index contributed by atoms with van der Waals surface area (Å²) in [7, 11) is 0. The number of fused-ring (bicyclic) bond motifs is 1. The molecule has 2 aromatic heterocycles. The molecule has 0 aliphatic rings. The van der Waals surface area contributed by atoms with Gasteiger partial charge in [-0.15, -0.1) is 0 Å². The van der Waals surface area contributed by atoms with Crippen molar-refractivity contribution in [3.8, 4) is 0 Å². The van der Waals surface area contributed by atoms with Crippen LogP contribution in [0.4, 0.5) is 10.5 Å². The lowest BCUT2D eigenvalue weighted by Crippen LogP contribution is -2.35. The van der Waals surface area contributed by atoms with Crippen molar-refractivity contribution in [2.24, 2.45) is 0 Å². The number of anilines is 1. The fourth-order valence-corrected chi connectivity index (χ4v) is 3.34. The average Bonchev–Trinajstić information content (AvgIpc) is 3.23. The number of benzene rings is 2. The maximum absolute atomic E-state index is 13.0. The second kappa shape index (κ2) is 8.47. The summed E-state index contributed by atoms with van der Waals surface area (Å²) in [5.74, 6) is 0.620. The second-order valence-corrected chi connectivity index (χ2v) is 7.52. The lowest BCUT2D eigenvalue weighted by atomic mass is 10.1. The number of aromatic nitrogens is 1. The molecule has 0 radical (unpaired) electrons. The van der Waals surface area contributed by atoms with Gasteiger partial charge in [-0.2, -0.15) is 0 Å². The van der Waals surface area contributed by atoms with E-state index in [4.69, 9.17) is 16.0 Å². The first-order valence-electron chi connectivity index (χ1n) is 9.44. The number of aryl methyl sites for hydroxylation is 1. The molecule has 0 unspecified atom stereocenters. The van der Waals surface area contributed by atoms with Crippen LogP contribution >= 0.6 is 11.6 Å². The van der Waals surface area contributed by atoms with E-state index < -0.39 is 0 Å². The van der Waals surface area contributed by atoms with Crippen LogP contribution in [0.15, 0.2) is 76.1 Å². The lowest BCUT2D eigenvalue weighted by Gasteiger charge is -2.22. The molecule has 2 heterocycles. The highest BCUT2D eigenvalue weighted by Crippen LogP contribution is 2.18. The van der Waals surface area contributed by atoms with Gasteiger partial charge in [-0.1, -0.05) is 23.7 Å². The van der Waals surface area contributed by atoms with Gasteiger partial charge in [-0.25, -0.2) is 4.79 Å². The summed E-state index contributed by atoms with van der Waals surface area (Å²) in [5, 5.41) is 4.33. The van der Waals surface area contributed by atoms with Crippen LogP contribution in [0.25, 0.3) is 10.9 Å². The van der Waals surface area contributed by atoms with E-state index in [1.807, 2.05) is 31.2 Å². The number of hydrogen-bond donors (Lipinski definition) is 2. The SMILES string of the molecule is Cc1ccc2cc(CN(Cc3ccco3)C(=O)Nc3ccc(Cl)cc3)c(=O)[nH]c2c1. The molecule has 4 rings (SSSR count). The van der Waals surface area contributed by atoms with Crippen molar-refractivity contribution in [3.63, 3.8) is 0 Å². The lowest BCUT2D eigenvalue weighted by molar-refractivity contribution is 0.201. The molecule has 2 amide bonds. The van der Waals surface area contributed by atoms with Gasteiger partial charge in [0.15, 0.2) is 0 Å². The smallest absolute Gasteiger partial charge is 0.322 e. The van der Waals surface area contributed by atoms with Gasteiger partial charge in [0.05, 0.1) is 19.4 Å². The average molecular weight is 422 g/mol. The molecule has 0 aliphatic carbocycles. The Morgan fingerprint density at radius 2 is 1.90 bits per heavy atom. The van der Waals surface area contributed by atoms with Gasteiger partial charge < -0.3 is 19.6 Å². The number of urea groups is 1. The van der Waals surface area contributed by atoms with Crippen molar-refractivity contribution >= 4 is 34.2 Å². The van der Waals surface area contributed by atoms with Gasteiger partial charge in [0.2, 0.25) is 0 Å². The Morgan fingerprint density at radius 1 is 1.10 bits per heavy atom. The van der Waals surface area contributed by atoms with Crippen molar-refractivity contribution in [2.75, 3.05) is 5.32 Å². The number of H-pyrrole nitrogens is 1. The molecule has 7 heteroatoms. The molecule has 0 saturated carbocycles. The Hall–Kier alpha value is -3.51. The summed E-state index contributed by atoms with van der Waals surface area (Å²) in [6.07, 6.45) is 1.55. The first-order chi connectivity index (χ1) is 14.5. The van der Waals surface area contributed by atoms with Gasteiger partial charge in [0.25, 0.3) is 5.56 Å². The van der Waals surface area contributed by atoms with E-state index in [9.17, 15) is 9.59 Å². The molecule has 0 saturated heterocycles. The zero-order valence-corrected chi connectivity index (χ0v) is 17.1. The molecule has 0 spiro atoms. The zero-order valence-electron chi connectivity index (χ0n) is 16.3.